The van der Waals surface area contributed by atoms with Crippen LogP contribution in [0.4, 0.5) is 0 Å². The van der Waals surface area contributed by atoms with E-state index in [1.807, 2.05) is 7.05 Å². The number of likely N-dealkylation sites (tertiary alicyclic amines) is 1. The van der Waals surface area contributed by atoms with E-state index in [9.17, 15) is 13.2 Å². The number of carbonyl (C=O) groups is 1. The fourth-order valence-corrected chi connectivity index (χ4v) is 3.40. The Kier molecular flexibility index (Phi) is 6.64. The molecule has 1 saturated heterocycles. The van der Waals surface area contributed by atoms with Crippen molar-refractivity contribution >= 4 is 28.3 Å². The maximum absolute atomic E-state index is 12.6. The molecular weight excluding hydrogens is 342 g/mol. The van der Waals surface area contributed by atoms with Crippen LogP contribution in [-0.4, -0.2) is 63.8 Å². The summed E-state index contributed by atoms with van der Waals surface area (Å²) in [5.41, 5.74) is 0.317. The van der Waals surface area contributed by atoms with E-state index in [2.05, 4.69) is 5.32 Å². The van der Waals surface area contributed by atoms with Gasteiger partial charge in [0.2, 0.25) is 5.09 Å². The first-order chi connectivity index (χ1) is 10.3. The van der Waals surface area contributed by atoms with Crippen molar-refractivity contribution in [3.8, 4) is 0 Å². The van der Waals surface area contributed by atoms with Crippen LogP contribution in [0, 0.1) is 6.92 Å². The SMILES string of the molecule is CNC1CCCN(C(=O)c2cc(S(=O)(=O)N(C)C)oc2C)C1.Cl. The smallest absolute Gasteiger partial charge is 0.275 e. The predicted molar refractivity (Wildman–Crippen MR) is 89.6 cm³/mol. The lowest BCUT2D eigenvalue weighted by molar-refractivity contribution is 0.0696. The van der Waals surface area contributed by atoms with Gasteiger partial charge in [-0.2, -0.15) is 0 Å². The zero-order chi connectivity index (χ0) is 16.5. The first-order valence-corrected chi connectivity index (χ1v) is 8.71. The molecule has 1 fully saturated rings. The molecule has 1 aliphatic heterocycles. The Hall–Kier alpha value is -1.09. The van der Waals surface area contributed by atoms with Crippen molar-refractivity contribution in [1.29, 1.82) is 0 Å². The Morgan fingerprint density at radius 3 is 2.65 bits per heavy atom. The summed E-state index contributed by atoms with van der Waals surface area (Å²) in [6.45, 7) is 2.91. The van der Waals surface area contributed by atoms with Crippen molar-refractivity contribution in [1.82, 2.24) is 14.5 Å². The first-order valence-electron chi connectivity index (χ1n) is 7.27. The van der Waals surface area contributed by atoms with E-state index in [1.165, 1.54) is 20.2 Å². The van der Waals surface area contributed by atoms with Crippen LogP contribution in [0.25, 0.3) is 0 Å². The summed E-state index contributed by atoms with van der Waals surface area (Å²) in [4.78, 5) is 14.4. The molecule has 1 aliphatic rings. The minimum atomic E-state index is -3.67. The Morgan fingerprint density at radius 2 is 2.09 bits per heavy atom. The average Bonchev–Trinajstić information content (AvgIpc) is 2.89. The highest BCUT2D eigenvalue weighted by atomic mass is 35.5. The summed E-state index contributed by atoms with van der Waals surface area (Å²) in [5.74, 6) is 0.151. The molecule has 9 heteroatoms. The maximum atomic E-state index is 12.6. The van der Waals surface area contributed by atoms with Crippen LogP contribution >= 0.6 is 12.4 Å². The molecule has 1 amide bonds. The van der Waals surface area contributed by atoms with Gasteiger partial charge in [-0.05, 0) is 26.8 Å². The molecule has 1 aromatic rings. The average molecular weight is 366 g/mol. The van der Waals surface area contributed by atoms with Crippen LogP contribution in [0.2, 0.25) is 0 Å². The van der Waals surface area contributed by atoms with Gasteiger partial charge < -0.3 is 14.6 Å². The van der Waals surface area contributed by atoms with E-state index >= 15 is 0 Å². The summed E-state index contributed by atoms with van der Waals surface area (Å²) in [7, 11) is 1.06. The number of likely N-dealkylation sites (N-methyl/N-ethyl adjacent to an activating group) is 1. The number of nitrogens with one attached hydrogen (secondary N) is 1. The van der Waals surface area contributed by atoms with Gasteiger partial charge in [-0.15, -0.1) is 12.4 Å². The Bertz CT molecular complexity index is 657. The minimum absolute atomic E-state index is 0. The number of sulfonamides is 1. The second kappa shape index (κ2) is 7.65. The van der Waals surface area contributed by atoms with Gasteiger partial charge in [-0.25, -0.2) is 12.7 Å². The molecule has 0 saturated carbocycles. The van der Waals surface area contributed by atoms with Crippen molar-refractivity contribution in [2.75, 3.05) is 34.2 Å². The van der Waals surface area contributed by atoms with Crippen LogP contribution in [0.15, 0.2) is 15.6 Å². The van der Waals surface area contributed by atoms with Gasteiger partial charge in [0.05, 0.1) is 5.56 Å². The van der Waals surface area contributed by atoms with E-state index in [1.54, 1.807) is 11.8 Å². The molecule has 0 bridgehead atoms. The third kappa shape index (κ3) is 4.06. The van der Waals surface area contributed by atoms with Gasteiger partial charge in [-0.1, -0.05) is 0 Å². The minimum Gasteiger partial charge on any atom is -0.448 e. The molecule has 2 heterocycles. The van der Waals surface area contributed by atoms with Crippen LogP contribution in [0.1, 0.15) is 29.0 Å². The standard InChI is InChI=1S/C14H23N3O4S.ClH/c1-10-12(8-13(21-10)22(19,20)16(3)4)14(18)17-7-5-6-11(9-17)15-2;/h8,11,15H,5-7,9H2,1-4H3;1H. The van der Waals surface area contributed by atoms with E-state index in [4.69, 9.17) is 4.42 Å². The number of aryl methyl sites for hydroxylation is 1. The zero-order valence-corrected chi connectivity index (χ0v) is 15.5. The molecular formula is C14H24ClN3O4S. The highest BCUT2D eigenvalue weighted by Crippen LogP contribution is 2.23. The van der Waals surface area contributed by atoms with Crippen molar-refractivity contribution in [3.63, 3.8) is 0 Å². The second-order valence-corrected chi connectivity index (χ2v) is 7.78. The number of hydrogen-bond donors (Lipinski definition) is 1. The molecule has 7 nitrogen and oxygen atoms in total. The third-order valence-corrected chi connectivity index (χ3v) is 5.65. The van der Waals surface area contributed by atoms with Crippen LogP contribution in [0.5, 0.6) is 0 Å². The maximum Gasteiger partial charge on any atom is 0.275 e. The number of amides is 1. The van der Waals surface area contributed by atoms with E-state index in [0.29, 0.717) is 24.4 Å². The van der Waals surface area contributed by atoms with Crippen LogP contribution in [-0.2, 0) is 10.0 Å². The highest BCUT2D eigenvalue weighted by Gasteiger charge is 2.29. The number of furan rings is 1. The monoisotopic (exact) mass is 365 g/mol. The first kappa shape index (κ1) is 20.0. The summed E-state index contributed by atoms with van der Waals surface area (Å²) in [5, 5.41) is 2.99. The summed E-state index contributed by atoms with van der Waals surface area (Å²) in [6, 6.07) is 1.60. The lowest BCUT2D eigenvalue weighted by Crippen LogP contribution is -2.47. The fourth-order valence-electron chi connectivity index (χ4n) is 2.54. The Balaban J connectivity index is 0.00000264. The van der Waals surface area contributed by atoms with Gasteiger partial charge in [0.1, 0.15) is 5.76 Å². The van der Waals surface area contributed by atoms with Gasteiger partial charge >= 0.3 is 0 Å². The molecule has 2 rings (SSSR count). The molecule has 0 aromatic carbocycles. The van der Waals surface area contributed by atoms with Crippen molar-refractivity contribution < 1.29 is 17.6 Å². The fraction of sp³-hybridized carbons (Fsp3) is 0.643. The lowest BCUT2D eigenvalue weighted by atomic mass is 10.0. The van der Waals surface area contributed by atoms with Gasteiger partial charge in [0.25, 0.3) is 15.9 Å². The molecule has 1 aromatic heterocycles. The quantitative estimate of drug-likeness (QED) is 0.863. The highest BCUT2D eigenvalue weighted by molar-refractivity contribution is 7.88. The van der Waals surface area contributed by atoms with Gasteiger partial charge in [0.15, 0.2) is 0 Å². The second-order valence-electron chi connectivity index (χ2n) is 5.70. The van der Waals surface area contributed by atoms with E-state index in [-0.39, 0.29) is 29.4 Å². The van der Waals surface area contributed by atoms with Gasteiger partial charge in [-0.3, -0.25) is 4.79 Å². The van der Waals surface area contributed by atoms with Crippen molar-refractivity contribution in [3.05, 3.63) is 17.4 Å². The lowest BCUT2D eigenvalue weighted by Gasteiger charge is -2.32. The molecule has 0 aliphatic carbocycles. The number of rotatable bonds is 4. The number of hydrogen-bond acceptors (Lipinski definition) is 5. The molecule has 132 valence electrons. The number of carbonyl (C=O) groups excluding carboxylic acids is 1. The van der Waals surface area contributed by atoms with E-state index < -0.39 is 10.0 Å². The summed E-state index contributed by atoms with van der Waals surface area (Å²) >= 11 is 0. The molecule has 1 unspecified atom stereocenters. The molecule has 0 radical (unpaired) electrons. The largest absolute Gasteiger partial charge is 0.448 e. The van der Waals surface area contributed by atoms with Crippen molar-refractivity contribution in [2.24, 2.45) is 0 Å². The Labute approximate surface area is 143 Å². The molecule has 0 spiro atoms. The third-order valence-electron chi connectivity index (χ3n) is 3.98. The molecule has 1 atom stereocenters. The number of piperidine rings is 1. The van der Waals surface area contributed by atoms with Crippen LogP contribution in [0.3, 0.4) is 0 Å². The molecule has 23 heavy (non-hydrogen) atoms. The predicted octanol–water partition coefficient (Wildman–Crippen LogP) is 1.08. The number of nitrogens with zero attached hydrogens (tertiary/aromatic N) is 2. The Morgan fingerprint density at radius 1 is 1.43 bits per heavy atom. The van der Waals surface area contributed by atoms with Crippen LogP contribution < -0.4 is 5.32 Å². The molecule has 1 N–H and O–H groups in total. The van der Waals surface area contributed by atoms with Crippen molar-refractivity contribution in [2.45, 2.75) is 30.9 Å². The normalized spacial score (nSPS) is 18.8. The topological polar surface area (TPSA) is 82.9 Å². The van der Waals surface area contributed by atoms with Gasteiger partial charge in [0, 0.05) is 39.3 Å². The van der Waals surface area contributed by atoms with E-state index in [0.717, 1.165) is 17.1 Å². The number of halogens is 1. The summed E-state index contributed by atoms with van der Waals surface area (Å²) < 4.78 is 30.6. The summed E-state index contributed by atoms with van der Waals surface area (Å²) in [6.07, 6.45) is 1.96. The zero-order valence-electron chi connectivity index (χ0n) is 13.8.